The Hall–Kier alpha value is -1.84. The largest absolute Gasteiger partial charge is 0.397 e. The normalized spacial score (nSPS) is 16.6. The number of nitrogens with zero attached hydrogens (tertiary/aromatic N) is 4. The molecule has 1 saturated heterocycles. The van der Waals surface area contributed by atoms with Gasteiger partial charge in [0.2, 0.25) is 0 Å². The summed E-state index contributed by atoms with van der Waals surface area (Å²) in [4.78, 5) is 8.54. The van der Waals surface area contributed by atoms with Crippen molar-refractivity contribution in [2.45, 2.75) is 0 Å². The number of nitrogen functional groups attached to an aromatic ring is 1. The van der Waals surface area contributed by atoms with Gasteiger partial charge >= 0.3 is 0 Å². The van der Waals surface area contributed by atoms with Crippen molar-refractivity contribution in [1.82, 2.24) is 9.88 Å². The second-order valence-corrected chi connectivity index (χ2v) is 4.30. The summed E-state index contributed by atoms with van der Waals surface area (Å²) in [6.07, 6.45) is 1.58. The highest BCUT2D eigenvalue weighted by atomic mass is 16.3. The Morgan fingerprint density at radius 1 is 1.39 bits per heavy atom. The van der Waals surface area contributed by atoms with Gasteiger partial charge in [0.05, 0.1) is 24.1 Å². The van der Waals surface area contributed by atoms with Gasteiger partial charge in [-0.1, -0.05) is 0 Å². The van der Waals surface area contributed by atoms with E-state index in [9.17, 15) is 0 Å². The predicted molar refractivity (Wildman–Crippen MR) is 69.1 cm³/mol. The standard InChI is InChI=1S/C12H17N5O/c13-8-10-7-11(14)9-15-12(10)17-3-1-16(2-4-17)5-6-18/h7,9,18H,1-6,14H2. The molecular weight excluding hydrogens is 230 g/mol. The van der Waals surface area contributed by atoms with Gasteiger partial charge in [0.1, 0.15) is 11.9 Å². The molecule has 0 aliphatic carbocycles. The number of nitrogens with two attached hydrogens (primary N) is 1. The third kappa shape index (κ3) is 2.70. The minimum absolute atomic E-state index is 0.184. The number of aliphatic hydroxyl groups is 1. The lowest BCUT2D eigenvalue weighted by Gasteiger charge is -2.35. The SMILES string of the molecule is N#Cc1cc(N)cnc1N1CCN(CCO)CC1. The molecule has 18 heavy (non-hydrogen) atoms. The molecule has 1 fully saturated rings. The molecule has 2 heterocycles. The molecule has 1 aromatic heterocycles. The molecule has 96 valence electrons. The third-order valence-electron chi connectivity index (χ3n) is 3.10. The molecule has 1 aromatic rings. The number of rotatable bonds is 3. The third-order valence-corrected chi connectivity index (χ3v) is 3.10. The van der Waals surface area contributed by atoms with Gasteiger partial charge in [0.25, 0.3) is 0 Å². The van der Waals surface area contributed by atoms with E-state index in [0.717, 1.165) is 26.2 Å². The van der Waals surface area contributed by atoms with Crippen LogP contribution < -0.4 is 10.6 Å². The molecule has 0 spiro atoms. The molecular formula is C12H17N5O. The molecule has 6 heteroatoms. The summed E-state index contributed by atoms with van der Waals surface area (Å²) in [7, 11) is 0. The van der Waals surface area contributed by atoms with Crippen molar-refractivity contribution >= 4 is 11.5 Å². The quantitative estimate of drug-likeness (QED) is 0.759. The van der Waals surface area contributed by atoms with Crippen LogP contribution in [0.3, 0.4) is 0 Å². The van der Waals surface area contributed by atoms with Crippen molar-refractivity contribution in [3.05, 3.63) is 17.8 Å². The van der Waals surface area contributed by atoms with Crippen molar-refractivity contribution in [1.29, 1.82) is 5.26 Å². The van der Waals surface area contributed by atoms with Gasteiger partial charge < -0.3 is 15.7 Å². The molecule has 2 rings (SSSR count). The Labute approximate surface area is 106 Å². The number of hydrogen-bond acceptors (Lipinski definition) is 6. The molecule has 0 saturated carbocycles. The number of piperazine rings is 1. The van der Waals surface area contributed by atoms with Crippen LogP contribution in [-0.4, -0.2) is 54.3 Å². The lowest BCUT2D eigenvalue weighted by molar-refractivity contribution is 0.188. The maximum absolute atomic E-state index is 9.09. The summed E-state index contributed by atoms with van der Waals surface area (Å²) in [6.45, 7) is 4.25. The maximum Gasteiger partial charge on any atom is 0.146 e. The van der Waals surface area contributed by atoms with E-state index in [1.54, 1.807) is 12.3 Å². The summed E-state index contributed by atoms with van der Waals surface area (Å²) >= 11 is 0. The Morgan fingerprint density at radius 2 is 2.11 bits per heavy atom. The zero-order valence-corrected chi connectivity index (χ0v) is 10.2. The van der Waals surface area contributed by atoms with Gasteiger partial charge in [-0.2, -0.15) is 5.26 Å². The highest BCUT2D eigenvalue weighted by molar-refractivity contribution is 5.59. The number of aromatic nitrogens is 1. The average Bonchev–Trinajstić information content (AvgIpc) is 2.40. The van der Waals surface area contributed by atoms with Crippen LogP contribution in [0.2, 0.25) is 0 Å². The van der Waals surface area contributed by atoms with Gasteiger partial charge in [-0.05, 0) is 6.07 Å². The van der Waals surface area contributed by atoms with Gasteiger partial charge in [0, 0.05) is 32.7 Å². The molecule has 1 aliphatic heterocycles. The van der Waals surface area contributed by atoms with Crippen LogP contribution in [-0.2, 0) is 0 Å². The average molecular weight is 247 g/mol. The lowest BCUT2D eigenvalue weighted by atomic mass is 10.2. The minimum atomic E-state index is 0.184. The van der Waals surface area contributed by atoms with Crippen LogP contribution in [0.4, 0.5) is 11.5 Å². The van der Waals surface area contributed by atoms with Gasteiger partial charge in [-0.3, -0.25) is 4.90 Å². The summed E-state index contributed by atoms with van der Waals surface area (Å²) < 4.78 is 0. The fourth-order valence-corrected chi connectivity index (χ4v) is 2.13. The first-order chi connectivity index (χ1) is 8.74. The summed E-state index contributed by atoms with van der Waals surface area (Å²) in [6, 6.07) is 3.79. The van der Waals surface area contributed by atoms with Gasteiger partial charge in [-0.25, -0.2) is 4.98 Å². The topological polar surface area (TPSA) is 89.4 Å². The predicted octanol–water partition coefficient (Wildman–Crippen LogP) is -0.350. The van der Waals surface area contributed by atoms with Crippen LogP contribution in [0, 0.1) is 11.3 Å². The van der Waals surface area contributed by atoms with Crippen LogP contribution in [0.25, 0.3) is 0 Å². The maximum atomic E-state index is 9.09. The molecule has 0 bridgehead atoms. The molecule has 0 amide bonds. The molecule has 0 unspecified atom stereocenters. The molecule has 0 aromatic carbocycles. The van der Waals surface area contributed by atoms with Crippen LogP contribution >= 0.6 is 0 Å². The molecule has 0 radical (unpaired) electrons. The first-order valence-corrected chi connectivity index (χ1v) is 5.98. The fraction of sp³-hybridized carbons (Fsp3) is 0.500. The lowest BCUT2D eigenvalue weighted by Crippen LogP contribution is -2.47. The Balaban J connectivity index is 2.08. The summed E-state index contributed by atoms with van der Waals surface area (Å²) in [5.41, 5.74) is 6.65. The highest BCUT2D eigenvalue weighted by Crippen LogP contribution is 2.20. The highest BCUT2D eigenvalue weighted by Gasteiger charge is 2.19. The van der Waals surface area contributed by atoms with E-state index in [4.69, 9.17) is 16.1 Å². The van der Waals surface area contributed by atoms with Gasteiger partial charge in [0.15, 0.2) is 0 Å². The van der Waals surface area contributed by atoms with E-state index in [1.807, 2.05) is 0 Å². The van der Waals surface area contributed by atoms with E-state index < -0.39 is 0 Å². The summed E-state index contributed by atoms with van der Waals surface area (Å²) in [5.74, 6) is 0.704. The first-order valence-electron chi connectivity index (χ1n) is 5.98. The van der Waals surface area contributed by atoms with E-state index in [0.29, 0.717) is 23.6 Å². The Morgan fingerprint density at radius 3 is 2.72 bits per heavy atom. The molecule has 3 N–H and O–H groups in total. The number of anilines is 2. The second-order valence-electron chi connectivity index (χ2n) is 4.30. The number of aliphatic hydroxyl groups excluding tert-OH is 1. The van der Waals surface area contributed by atoms with Crippen LogP contribution in [0.1, 0.15) is 5.56 Å². The first kappa shape index (κ1) is 12.6. The smallest absolute Gasteiger partial charge is 0.146 e. The number of nitriles is 1. The van der Waals surface area contributed by atoms with Crippen molar-refractivity contribution < 1.29 is 5.11 Å². The number of β-amino-alcohol motifs (C(OH)–C–C–N with tert-alkyl or cyclic N) is 1. The second kappa shape index (κ2) is 5.67. The van der Waals surface area contributed by atoms with Crippen molar-refractivity contribution in [3.63, 3.8) is 0 Å². The van der Waals surface area contributed by atoms with E-state index in [1.165, 1.54) is 0 Å². The van der Waals surface area contributed by atoms with Crippen molar-refractivity contribution in [2.24, 2.45) is 0 Å². The van der Waals surface area contributed by atoms with Crippen molar-refractivity contribution in [2.75, 3.05) is 50.0 Å². The summed E-state index contributed by atoms with van der Waals surface area (Å²) in [5, 5.41) is 18.0. The van der Waals surface area contributed by atoms with Crippen molar-refractivity contribution in [3.8, 4) is 6.07 Å². The fourth-order valence-electron chi connectivity index (χ4n) is 2.13. The zero-order valence-electron chi connectivity index (χ0n) is 10.2. The molecule has 1 aliphatic rings. The minimum Gasteiger partial charge on any atom is -0.397 e. The molecule has 6 nitrogen and oxygen atoms in total. The van der Waals surface area contributed by atoms with Crippen LogP contribution in [0.15, 0.2) is 12.3 Å². The van der Waals surface area contributed by atoms with E-state index >= 15 is 0 Å². The Kier molecular flexibility index (Phi) is 3.97. The Bertz CT molecular complexity index is 448. The van der Waals surface area contributed by atoms with Gasteiger partial charge in [-0.15, -0.1) is 0 Å². The monoisotopic (exact) mass is 247 g/mol. The number of pyridine rings is 1. The molecule has 0 atom stereocenters. The van der Waals surface area contributed by atoms with E-state index in [2.05, 4.69) is 20.9 Å². The van der Waals surface area contributed by atoms with Crippen LogP contribution in [0.5, 0.6) is 0 Å². The zero-order chi connectivity index (χ0) is 13.0. The number of hydrogen-bond donors (Lipinski definition) is 2. The van der Waals surface area contributed by atoms with E-state index in [-0.39, 0.29) is 6.61 Å².